The molecule has 8 heteroatoms. The van der Waals surface area contributed by atoms with E-state index in [4.69, 9.17) is 19.3 Å². The van der Waals surface area contributed by atoms with E-state index in [1.54, 1.807) is 20.8 Å². The van der Waals surface area contributed by atoms with Crippen LogP contribution in [0.5, 0.6) is 0 Å². The second-order valence-electron chi connectivity index (χ2n) is 8.42. The van der Waals surface area contributed by atoms with E-state index in [1.165, 1.54) is 0 Å². The van der Waals surface area contributed by atoms with E-state index in [0.717, 1.165) is 25.7 Å². The fraction of sp³-hybridized carbons (Fsp3) is 0.818. The van der Waals surface area contributed by atoms with Gasteiger partial charge in [-0.25, -0.2) is 0 Å². The van der Waals surface area contributed by atoms with Crippen molar-refractivity contribution in [2.24, 2.45) is 10.8 Å². The Balaban J connectivity index is 4.50. The van der Waals surface area contributed by atoms with Crippen LogP contribution in [0.1, 0.15) is 86.0 Å². The minimum atomic E-state index is -1.08. The van der Waals surface area contributed by atoms with Gasteiger partial charge in [0.1, 0.15) is 13.2 Å². The number of unbranched alkanes of at least 4 members (excludes halogenated alkanes) is 3. The molecule has 8 nitrogen and oxygen atoms in total. The number of esters is 3. The van der Waals surface area contributed by atoms with Gasteiger partial charge in [-0.05, 0) is 40.0 Å². The monoisotopic (exact) mass is 430 g/mol. The Kier molecular flexibility index (Phi) is 13.0. The predicted octanol–water partition coefficient (Wildman–Crippen LogP) is 3.89. The molecule has 0 aromatic rings. The van der Waals surface area contributed by atoms with E-state index in [1.807, 2.05) is 6.92 Å². The molecule has 0 heterocycles. The molecule has 0 bridgehead atoms. The van der Waals surface area contributed by atoms with E-state index < -0.39 is 28.7 Å². The van der Waals surface area contributed by atoms with Gasteiger partial charge < -0.3 is 19.3 Å². The minimum Gasteiger partial charge on any atom is -0.481 e. The minimum absolute atomic E-state index is 0.133. The zero-order chi connectivity index (χ0) is 23.2. The van der Waals surface area contributed by atoms with Crippen LogP contribution >= 0.6 is 0 Å². The van der Waals surface area contributed by atoms with E-state index in [-0.39, 0.29) is 38.4 Å². The van der Waals surface area contributed by atoms with Crippen LogP contribution in [-0.4, -0.2) is 48.8 Å². The van der Waals surface area contributed by atoms with Crippen LogP contribution in [0.4, 0.5) is 0 Å². The maximum absolute atomic E-state index is 12.6. The molecule has 1 N–H and O–H groups in total. The number of carbonyl (C=O) groups excluding carboxylic acids is 3. The van der Waals surface area contributed by atoms with Gasteiger partial charge in [-0.3, -0.25) is 19.2 Å². The zero-order valence-electron chi connectivity index (χ0n) is 19.1. The summed E-state index contributed by atoms with van der Waals surface area (Å²) in [5.41, 5.74) is -1.74. The second kappa shape index (κ2) is 14.0. The summed E-state index contributed by atoms with van der Waals surface area (Å²) in [5, 5.41) is 8.52. The first kappa shape index (κ1) is 27.9. The lowest BCUT2D eigenvalue weighted by molar-refractivity contribution is -0.165. The first-order chi connectivity index (χ1) is 14.0. The summed E-state index contributed by atoms with van der Waals surface area (Å²) >= 11 is 0. The predicted molar refractivity (Wildman–Crippen MR) is 111 cm³/mol. The Morgan fingerprint density at radius 1 is 0.767 bits per heavy atom. The van der Waals surface area contributed by atoms with Crippen molar-refractivity contribution < 1.29 is 38.5 Å². The van der Waals surface area contributed by atoms with Gasteiger partial charge in [-0.1, -0.05) is 33.1 Å². The maximum atomic E-state index is 12.6. The Labute approximate surface area is 179 Å². The van der Waals surface area contributed by atoms with Crippen molar-refractivity contribution in [2.45, 2.75) is 86.0 Å². The topological polar surface area (TPSA) is 116 Å². The van der Waals surface area contributed by atoms with Crippen molar-refractivity contribution in [2.75, 3.05) is 19.8 Å². The summed E-state index contributed by atoms with van der Waals surface area (Å²) in [7, 11) is 0. The zero-order valence-corrected chi connectivity index (χ0v) is 19.1. The lowest BCUT2D eigenvalue weighted by Crippen LogP contribution is -2.39. The molecule has 30 heavy (non-hydrogen) atoms. The van der Waals surface area contributed by atoms with E-state index in [2.05, 4.69) is 6.92 Å². The van der Waals surface area contributed by atoms with Crippen LogP contribution in [0.3, 0.4) is 0 Å². The number of carboxylic acid groups (broad SMARTS) is 1. The van der Waals surface area contributed by atoms with Crippen molar-refractivity contribution in [3.63, 3.8) is 0 Å². The highest BCUT2D eigenvalue weighted by molar-refractivity contribution is 5.80. The quantitative estimate of drug-likeness (QED) is 0.223. The fourth-order valence-electron chi connectivity index (χ4n) is 3.02. The largest absolute Gasteiger partial charge is 0.481 e. The fourth-order valence-corrected chi connectivity index (χ4v) is 3.02. The third-order valence-corrected chi connectivity index (χ3v) is 5.01. The third-order valence-electron chi connectivity index (χ3n) is 5.01. The lowest BCUT2D eigenvalue weighted by atomic mass is 9.72. The molecule has 0 aliphatic rings. The Morgan fingerprint density at radius 2 is 1.37 bits per heavy atom. The molecule has 0 aromatic heterocycles. The number of hydrogen-bond donors (Lipinski definition) is 1. The summed E-state index contributed by atoms with van der Waals surface area (Å²) < 4.78 is 15.5. The lowest BCUT2D eigenvalue weighted by Gasteiger charge is -2.33. The molecule has 0 amide bonds. The van der Waals surface area contributed by atoms with Gasteiger partial charge >= 0.3 is 23.9 Å². The standard InChI is InChI=1S/C22H38O8/c1-6-8-9-10-13-29-20(27)22(5,7-2)16-21(3,4)19(26)30-15-14-28-18(25)12-11-17(23)24/h6-16H2,1-5H3,(H,23,24). The Bertz CT molecular complexity index is 569. The Morgan fingerprint density at radius 3 is 1.93 bits per heavy atom. The molecule has 1 atom stereocenters. The van der Waals surface area contributed by atoms with E-state index in [9.17, 15) is 19.2 Å². The molecule has 0 rings (SSSR count). The average Bonchev–Trinajstić information content (AvgIpc) is 2.68. The van der Waals surface area contributed by atoms with Gasteiger partial charge in [0.05, 0.1) is 30.3 Å². The molecular formula is C22H38O8. The second-order valence-corrected chi connectivity index (χ2v) is 8.42. The number of hydrogen-bond acceptors (Lipinski definition) is 7. The number of carbonyl (C=O) groups is 4. The van der Waals surface area contributed by atoms with E-state index in [0.29, 0.717) is 13.0 Å². The van der Waals surface area contributed by atoms with Gasteiger partial charge in [0.2, 0.25) is 0 Å². The van der Waals surface area contributed by atoms with Gasteiger partial charge in [0.25, 0.3) is 0 Å². The van der Waals surface area contributed by atoms with Crippen LogP contribution in [0.25, 0.3) is 0 Å². The van der Waals surface area contributed by atoms with Crippen molar-refractivity contribution in [3.05, 3.63) is 0 Å². The highest BCUT2D eigenvalue weighted by Gasteiger charge is 2.42. The molecule has 0 radical (unpaired) electrons. The molecule has 1 unspecified atom stereocenters. The molecule has 0 spiro atoms. The van der Waals surface area contributed by atoms with Crippen LogP contribution in [-0.2, 0) is 33.4 Å². The number of carboxylic acids is 1. The first-order valence-corrected chi connectivity index (χ1v) is 10.7. The van der Waals surface area contributed by atoms with Gasteiger partial charge in [-0.15, -0.1) is 0 Å². The van der Waals surface area contributed by atoms with Crippen molar-refractivity contribution >= 4 is 23.9 Å². The number of ether oxygens (including phenoxy) is 3. The summed E-state index contributed by atoms with van der Waals surface area (Å²) in [5.74, 6) is -2.55. The summed E-state index contributed by atoms with van der Waals surface area (Å²) in [6.45, 7) is 9.30. The molecule has 174 valence electrons. The first-order valence-electron chi connectivity index (χ1n) is 10.7. The third kappa shape index (κ3) is 11.2. The maximum Gasteiger partial charge on any atom is 0.311 e. The molecule has 0 fully saturated rings. The van der Waals surface area contributed by atoms with Crippen LogP contribution in [0.2, 0.25) is 0 Å². The number of rotatable bonds is 16. The van der Waals surface area contributed by atoms with Crippen molar-refractivity contribution in [3.8, 4) is 0 Å². The SMILES string of the molecule is CCCCCCOC(=O)C(C)(CC)CC(C)(C)C(=O)OCCOC(=O)CCC(=O)O. The normalized spacial score (nSPS) is 13.2. The summed E-state index contributed by atoms with van der Waals surface area (Å²) in [4.78, 5) is 46.8. The molecule has 0 saturated heterocycles. The van der Waals surface area contributed by atoms with Gasteiger partial charge in [-0.2, -0.15) is 0 Å². The van der Waals surface area contributed by atoms with Crippen LogP contribution in [0, 0.1) is 10.8 Å². The molecule has 0 saturated carbocycles. The van der Waals surface area contributed by atoms with Gasteiger partial charge in [0.15, 0.2) is 0 Å². The average molecular weight is 431 g/mol. The highest BCUT2D eigenvalue weighted by Crippen LogP contribution is 2.38. The van der Waals surface area contributed by atoms with Crippen LogP contribution in [0.15, 0.2) is 0 Å². The van der Waals surface area contributed by atoms with Crippen molar-refractivity contribution in [1.82, 2.24) is 0 Å². The van der Waals surface area contributed by atoms with Gasteiger partial charge in [0, 0.05) is 0 Å². The molecule has 0 aliphatic heterocycles. The van der Waals surface area contributed by atoms with E-state index >= 15 is 0 Å². The summed E-state index contributed by atoms with van der Waals surface area (Å²) in [6.07, 6.45) is 4.32. The van der Waals surface area contributed by atoms with Crippen molar-refractivity contribution in [1.29, 1.82) is 0 Å². The highest BCUT2D eigenvalue weighted by atomic mass is 16.6. The van der Waals surface area contributed by atoms with Crippen LogP contribution < -0.4 is 0 Å². The molecule has 0 aliphatic carbocycles. The smallest absolute Gasteiger partial charge is 0.311 e. The number of aliphatic carboxylic acids is 1. The molecular weight excluding hydrogens is 392 g/mol. The Hall–Kier alpha value is -2.12. The molecule has 0 aromatic carbocycles. The summed E-state index contributed by atoms with van der Waals surface area (Å²) in [6, 6.07) is 0.